The molecule has 2 N–H and O–H groups in total. The number of likely N-dealkylation sites (tertiary alicyclic amines) is 1. The van der Waals surface area contributed by atoms with Crippen LogP contribution >= 0.6 is 0 Å². The van der Waals surface area contributed by atoms with E-state index in [9.17, 15) is 18.8 Å². The number of nitrogens with one attached hydrogen (secondary N) is 2. The summed E-state index contributed by atoms with van der Waals surface area (Å²) in [5.74, 6) is -1.63. The van der Waals surface area contributed by atoms with E-state index >= 15 is 0 Å². The van der Waals surface area contributed by atoms with Gasteiger partial charge in [-0.3, -0.25) is 14.4 Å². The van der Waals surface area contributed by atoms with Crippen molar-refractivity contribution in [3.63, 3.8) is 0 Å². The van der Waals surface area contributed by atoms with E-state index in [1.165, 1.54) is 18.2 Å². The summed E-state index contributed by atoms with van der Waals surface area (Å²) in [7, 11) is 0. The third kappa shape index (κ3) is 5.19. The van der Waals surface area contributed by atoms with E-state index in [-0.39, 0.29) is 36.4 Å². The number of carbonyl (C=O) groups is 3. The van der Waals surface area contributed by atoms with Gasteiger partial charge in [-0.15, -0.1) is 0 Å². The van der Waals surface area contributed by atoms with Gasteiger partial charge >= 0.3 is 0 Å². The molecule has 3 aromatic carbocycles. The molecule has 1 heterocycles. The van der Waals surface area contributed by atoms with Crippen LogP contribution in [0.3, 0.4) is 0 Å². The molecule has 0 spiro atoms. The second-order valence-corrected chi connectivity index (χ2v) is 8.14. The summed E-state index contributed by atoms with van der Waals surface area (Å²) in [4.78, 5) is 39.7. The lowest BCUT2D eigenvalue weighted by Crippen LogP contribution is -2.46. The molecule has 6 nitrogen and oxygen atoms in total. The van der Waals surface area contributed by atoms with Gasteiger partial charge in [-0.25, -0.2) is 4.39 Å². The first-order valence-electron chi connectivity index (χ1n) is 11.1. The molecule has 3 amide bonds. The molecule has 1 fully saturated rings. The van der Waals surface area contributed by atoms with Crippen LogP contribution in [-0.4, -0.2) is 48.8 Å². The van der Waals surface area contributed by atoms with Gasteiger partial charge in [-0.1, -0.05) is 48.5 Å². The SMILES string of the molecule is O=C(NCCNC(=O)C1CCCN(C(=O)c2cccc3ccccc23)C1)c1ccccc1F. The zero-order chi connectivity index (χ0) is 23.2. The van der Waals surface area contributed by atoms with Crippen LogP contribution in [0, 0.1) is 11.7 Å². The topological polar surface area (TPSA) is 78.5 Å². The lowest BCUT2D eigenvalue weighted by atomic mass is 9.95. The fourth-order valence-corrected chi connectivity index (χ4v) is 4.20. The molecule has 0 aliphatic carbocycles. The number of halogens is 1. The van der Waals surface area contributed by atoms with Gasteiger partial charge in [0.2, 0.25) is 5.91 Å². The lowest BCUT2D eigenvalue weighted by Gasteiger charge is -2.32. The van der Waals surface area contributed by atoms with E-state index in [4.69, 9.17) is 0 Å². The fourth-order valence-electron chi connectivity index (χ4n) is 4.20. The molecule has 1 saturated heterocycles. The van der Waals surface area contributed by atoms with E-state index in [1.54, 1.807) is 11.0 Å². The Morgan fingerprint density at radius 1 is 0.879 bits per heavy atom. The highest BCUT2D eigenvalue weighted by Crippen LogP contribution is 2.23. The molecule has 0 bridgehead atoms. The van der Waals surface area contributed by atoms with Crippen LogP contribution in [0.5, 0.6) is 0 Å². The Morgan fingerprint density at radius 2 is 1.58 bits per heavy atom. The molecule has 170 valence electrons. The number of hydrogen-bond acceptors (Lipinski definition) is 3. The monoisotopic (exact) mass is 447 g/mol. The smallest absolute Gasteiger partial charge is 0.254 e. The van der Waals surface area contributed by atoms with Crippen molar-refractivity contribution in [1.29, 1.82) is 0 Å². The number of amides is 3. The minimum absolute atomic E-state index is 0.0290. The number of fused-ring (bicyclic) bond motifs is 1. The van der Waals surface area contributed by atoms with Gasteiger partial charge in [0.1, 0.15) is 5.82 Å². The minimum atomic E-state index is -0.586. The highest BCUT2D eigenvalue weighted by Gasteiger charge is 2.29. The molecule has 3 aromatic rings. The number of piperidine rings is 1. The van der Waals surface area contributed by atoms with Crippen LogP contribution < -0.4 is 10.6 Å². The number of rotatable bonds is 6. The van der Waals surface area contributed by atoms with E-state index in [0.29, 0.717) is 25.1 Å². The van der Waals surface area contributed by atoms with Gasteiger partial charge in [-0.2, -0.15) is 0 Å². The lowest BCUT2D eigenvalue weighted by molar-refractivity contribution is -0.126. The van der Waals surface area contributed by atoms with Crippen molar-refractivity contribution in [1.82, 2.24) is 15.5 Å². The van der Waals surface area contributed by atoms with Gasteiger partial charge in [0.25, 0.3) is 11.8 Å². The number of nitrogens with zero attached hydrogens (tertiary/aromatic N) is 1. The summed E-state index contributed by atoms with van der Waals surface area (Å²) in [5, 5.41) is 7.33. The predicted molar refractivity (Wildman–Crippen MR) is 124 cm³/mol. The molecule has 7 heteroatoms. The maximum absolute atomic E-state index is 13.7. The Morgan fingerprint density at radius 3 is 2.42 bits per heavy atom. The van der Waals surface area contributed by atoms with Crippen molar-refractivity contribution in [2.45, 2.75) is 12.8 Å². The Hall–Kier alpha value is -3.74. The van der Waals surface area contributed by atoms with Crippen molar-refractivity contribution in [2.24, 2.45) is 5.92 Å². The number of benzene rings is 3. The molecule has 1 aliphatic heterocycles. The Kier molecular flexibility index (Phi) is 6.98. The second kappa shape index (κ2) is 10.3. The van der Waals surface area contributed by atoms with Crippen molar-refractivity contribution in [3.8, 4) is 0 Å². The molecule has 0 radical (unpaired) electrons. The first-order chi connectivity index (χ1) is 16.0. The van der Waals surface area contributed by atoms with Crippen molar-refractivity contribution >= 4 is 28.5 Å². The van der Waals surface area contributed by atoms with Crippen molar-refractivity contribution < 1.29 is 18.8 Å². The molecule has 0 aromatic heterocycles. The third-order valence-electron chi connectivity index (χ3n) is 5.93. The van der Waals surface area contributed by atoms with Gasteiger partial charge in [0, 0.05) is 31.7 Å². The van der Waals surface area contributed by atoms with Crippen LogP contribution in [0.1, 0.15) is 33.6 Å². The van der Waals surface area contributed by atoms with E-state index in [1.807, 2.05) is 42.5 Å². The quantitative estimate of drug-likeness (QED) is 0.569. The summed E-state index contributed by atoms with van der Waals surface area (Å²) in [6, 6.07) is 19.2. The maximum atomic E-state index is 13.7. The molecule has 1 unspecified atom stereocenters. The zero-order valence-corrected chi connectivity index (χ0v) is 18.2. The zero-order valence-electron chi connectivity index (χ0n) is 18.2. The summed E-state index contributed by atoms with van der Waals surface area (Å²) in [5.41, 5.74) is 0.615. The van der Waals surface area contributed by atoms with Crippen LogP contribution in [0.15, 0.2) is 66.7 Å². The molecule has 1 atom stereocenters. The first kappa shape index (κ1) is 22.5. The standard InChI is InChI=1S/C26H26FN3O3/c27-23-13-4-3-11-22(23)25(32)29-15-14-28-24(31)19-9-6-16-30(17-19)26(33)21-12-5-8-18-7-1-2-10-20(18)21/h1-5,7-8,10-13,19H,6,9,14-17H2,(H,28,31)(H,29,32). The summed E-state index contributed by atoms with van der Waals surface area (Å²) < 4.78 is 13.7. The van der Waals surface area contributed by atoms with E-state index < -0.39 is 11.7 Å². The highest BCUT2D eigenvalue weighted by atomic mass is 19.1. The molecular formula is C26H26FN3O3. The van der Waals surface area contributed by atoms with E-state index in [0.717, 1.165) is 17.2 Å². The molecule has 1 aliphatic rings. The van der Waals surface area contributed by atoms with Crippen LogP contribution in [-0.2, 0) is 4.79 Å². The number of hydrogen-bond donors (Lipinski definition) is 2. The minimum Gasteiger partial charge on any atom is -0.354 e. The Labute approximate surface area is 191 Å². The molecule has 0 saturated carbocycles. The Bertz CT molecular complexity index is 1170. The first-order valence-corrected chi connectivity index (χ1v) is 11.1. The summed E-state index contributed by atoms with van der Waals surface area (Å²) in [6.45, 7) is 1.39. The fraction of sp³-hybridized carbons (Fsp3) is 0.269. The summed E-state index contributed by atoms with van der Waals surface area (Å²) >= 11 is 0. The largest absolute Gasteiger partial charge is 0.354 e. The third-order valence-corrected chi connectivity index (χ3v) is 5.93. The van der Waals surface area contributed by atoms with Crippen molar-refractivity contribution in [2.75, 3.05) is 26.2 Å². The van der Waals surface area contributed by atoms with Gasteiger partial charge in [-0.05, 0) is 41.8 Å². The average Bonchev–Trinajstić information content (AvgIpc) is 2.86. The molecule has 4 rings (SSSR count). The van der Waals surface area contributed by atoms with Crippen molar-refractivity contribution in [3.05, 3.63) is 83.7 Å². The van der Waals surface area contributed by atoms with Crippen LogP contribution in [0.2, 0.25) is 0 Å². The highest BCUT2D eigenvalue weighted by molar-refractivity contribution is 6.07. The average molecular weight is 448 g/mol. The normalized spacial score (nSPS) is 15.8. The summed E-state index contributed by atoms with van der Waals surface area (Å²) in [6.07, 6.45) is 1.45. The molecule has 33 heavy (non-hydrogen) atoms. The number of carbonyl (C=O) groups excluding carboxylic acids is 3. The predicted octanol–water partition coefficient (Wildman–Crippen LogP) is 3.38. The van der Waals surface area contributed by atoms with Crippen LogP contribution in [0.4, 0.5) is 4.39 Å². The van der Waals surface area contributed by atoms with E-state index in [2.05, 4.69) is 10.6 Å². The maximum Gasteiger partial charge on any atom is 0.254 e. The van der Waals surface area contributed by atoms with Gasteiger partial charge in [0.15, 0.2) is 0 Å². The Balaban J connectivity index is 1.30. The van der Waals surface area contributed by atoms with Crippen LogP contribution in [0.25, 0.3) is 10.8 Å². The second-order valence-electron chi connectivity index (χ2n) is 8.14. The molecular weight excluding hydrogens is 421 g/mol. The van der Waals surface area contributed by atoms with Gasteiger partial charge in [0.05, 0.1) is 11.5 Å². The van der Waals surface area contributed by atoms with Gasteiger partial charge < -0.3 is 15.5 Å².